The average Bonchev–Trinajstić information content (AvgIpc) is 1.88. The van der Waals surface area contributed by atoms with E-state index in [1.54, 1.807) is 0 Å². The van der Waals surface area contributed by atoms with Crippen LogP contribution in [-0.2, 0) is 15.5 Å². The summed E-state index contributed by atoms with van der Waals surface area (Å²) in [5.74, 6) is 0. The molecule has 0 unspecified atom stereocenters. The first-order chi connectivity index (χ1) is 4.70. The molecule has 1 atom stereocenters. The van der Waals surface area contributed by atoms with Gasteiger partial charge >= 0.3 is 75.5 Å². The first kappa shape index (κ1) is 9.28. The Labute approximate surface area is 75.4 Å². The second-order valence-electron chi connectivity index (χ2n) is 2.38. The fourth-order valence-corrected chi connectivity index (χ4v) is 4.21. The van der Waals surface area contributed by atoms with Crippen LogP contribution in [0, 0.1) is 0 Å². The third-order valence-electron chi connectivity index (χ3n) is 1.53. The molecule has 1 aliphatic heterocycles. The summed E-state index contributed by atoms with van der Waals surface area (Å²) in [6.07, 6.45) is 2.27. The molecule has 1 heterocycles. The van der Waals surface area contributed by atoms with Gasteiger partial charge in [0.2, 0.25) is 0 Å². The molecular formula is C5H11Cl2N2Pt. The number of piperidine rings is 1. The second kappa shape index (κ2) is 4.27. The number of rotatable bonds is 1. The number of halogens is 2. The third-order valence-corrected chi connectivity index (χ3v) is 6.02. The maximum atomic E-state index is 5.82. The van der Waals surface area contributed by atoms with Crippen molar-refractivity contribution in [2.24, 2.45) is 5.73 Å². The van der Waals surface area contributed by atoms with Crippen molar-refractivity contribution < 1.29 is 15.5 Å². The number of nitrogens with two attached hydrogens (primary N) is 1. The van der Waals surface area contributed by atoms with Crippen LogP contribution in [0.3, 0.4) is 0 Å². The average molecular weight is 365 g/mol. The minimum atomic E-state index is -1.75. The van der Waals surface area contributed by atoms with Gasteiger partial charge in [0.1, 0.15) is 0 Å². The van der Waals surface area contributed by atoms with E-state index in [0.717, 1.165) is 25.9 Å². The van der Waals surface area contributed by atoms with Crippen LogP contribution in [0.2, 0.25) is 0 Å². The van der Waals surface area contributed by atoms with Crippen molar-refractivity contribution in [3.63, 3.8) is 0 Å². The van der Waals surface area contributed by atoms with Gasteiger partial charge in [0.05, 0.1) is 0 Å². The molecule has 0 aromatic rings. The first-order valence-electron chi connectivity index (χ1n) is 3.16. The van der Waals surface area contributed by atoms with Crippen molar-refractivity contribution in [1.82, 2.24) is 3.46 Å². The Hall–Kier alpha value is 1.19. The zero-order valence-electron chi connectivity index (χ0n) is 5.50. The molecule has 65 valence electrons. The zero-order chi connectivity index (χ0) is 7.56. The van der Waals surface area contributed by atoms with Crippen LogP contribution in [0.4, 0.5) is 0 Å². The molecule has 1 fully saturated rings. The monoisotopic (exact) mass is 364 g/mol. The van der Waals surface area contributed by atoms with E-state index < -0.39 is 15.5 Å². The Morgan fingerprint density at radius 2 is 2.20 bits per heavy atom. The van der Waals surface area contributed by atoms with Crippen LogP contribution < -0.4 is 5.73 Å². The van der Waals surface area contributed by atoms with Gasteiger partial charge in [-0.2, -0.15) is 0 Å². The van der Waals surface area contributed by atoms with E-state index in [-0.39, 0.29) is 0 Å². The standard InChI is InChI=1S/C5H11N2.2ClH.Pt/c6-5-2-1-3-7-4-5;;;/h5H,1-4,6H2;2*1H;/q-1;;;+3/p-2/t5-;;;/m0.../s1. The molecule has 2 nitrogen and oxygen atoms in total. The first-order valence-corrected chi connectivity index (χ1v) is 9.81. The van der Waals surface area contributed by atoms with Crippen LogP contribution in [0.5, 0.6) is 0 Å². The topological polar surface area (TPSA) is 29.3 Å². The summed E-state index contributed by atoms with van der Waals surface area (Å²) >= 11 is -1.75. The van der Waals surface area contributed by atoms with Gasteiger partial charge in [-0.1, -0.05) is 0 Å². The van der Waals surface area contributed by atoms with E-state index in [1.165, 1.54) is 0 Å². The summed E-state index contributed by atoms with van der Waals surface area (Å²) in [6.45, 7) is 1.95. The normalized spacial score (nSPS) is 30.3. The van der Waals surface area contributed by atoms with Crippen molar-refractivity contribution in [2.75, 3.05) is 13.1 Å². The molecule has 5 heteroatoms. The Morgan fingerprint density at radius 1 is 1.50 bits per heavy atom. The van der Waals surface area contributed by atoms with E-state index in [1.807, 2.05) is 0 Å². The van der Waals surface area contributed by atoms with Crippen LogP contribution >= 0.6 is 18.8 Å². The molecule has 1 rings (SSSR count). The van der Waals surface area contributed by atoms with Gasteiger partial charge in [-0.25, -0.2) is 0 Å². The Balaban J connectivity index is 2.32. The molecule has 0 amide bonds. The molecule has 0 saturated carbocycles. The number of nitrogens with zero attached hydrogens (tertiary/aromatic N) is 1. The van der Waals surface area contributed by atoms with Crippen molar-refractivity contribution >= 4 is 18.8 Å². The van der Waals surface area contributed by atoms with Gasteiger partial charge in [-0.15, -0.1) is 0 Å². The quantitative estimate of drug-likeness (QED) is 0.758. The van der Waals surface area contributed by atoms with Crippen molar-refractivity contribution in [1.29, 1.82) is 0 Å². The van der Waals surface area contributed by atoms with Gasteiger partial charge < -0.3 is 0 Å². The van der Waals surface area contributed by atoms with Crippen molar-refractivity contribution in [3.05, 3.63) is 0 Å². The summed E-state index contributed by atoms with van der Waals surface area (Å²) in [7, 11) is 11.6. The fraction of sp³-hybridized carbons (Fsp3) is 1.00. The Morgan fingerprint density at radius 3 is 2.60 bits per heavy atom. The molecule has 2 N–H and O–H groups in total. The van der Waals surface area contributed by atoms with Gasteiger partial charge in [-0.3, -0.25) is 0 Å². The Bertz CT molecular complexity index is 112. The number of hydrogen-bond donors (Lipinski definition) is 1. The fourth-order valence-electron chi connectivity index (χ4n) is 1.03. The maximum absolute atomic E-state index is 5.82. The van der Waals surface area contributed by atoms with Crippen molar-refractivity contribution in [3.8, 4) is 0 Å². The number of hydrogen-bond acceptors (Lipinski definition) is 2. The summed E-state index contributed by atoms with van der Waals surface area (Å²) < 4.78 is 2.14. The molecule has 0 bridgehead atoms. The molecule has 0 aliphatic carbocycles. The van der Waals surface area contributed by atoms with E-state index in [4.69, 9.17) is 24.6 Å². The zero-order valence-corrected chi connectivity index (χ0v) is 9.29. The van der Waals surface area contributed by atoms with Gasteiger partial charge in [0, 0.05) is 0 Å². The van der Waals surface area contributed by atoms with E-state index in [0.29, 0.717) is 6.04 Å². The van der Waals surface area contributed by atoms with Crippen LogP contribution in [0.1, 0.15) is 12.8 Å². The third kappa shape index (κ3) is 2.67. The molecule has 10 heavy (non-hydrogen) atoms. The molecule has 0 aromatic heterocycles. The van der Waals surface area contributed by atoms with E-state index in [9.17, 15) is 0 Å². The minimum absolute atomic E-state index is 0.297. The SMILES string of the molecule is N[C@H]1CCC[N]([Pt]([Cl])[Cl])C1. The molecule has 0 radical (unpaired) electrons. The predicted octanol–water partition coefficient (Wildman–Crippen LogP) is 1.25. The van der Waals surface area contributed by atoms with Crippen LogP contribution in [-0.4, -0.2) is 22.6 Å². The summed E-state index contributed by atoms with van der Waals surface area (Å²) in [5.41, 5.74) is 5.73. The van der Waals surface area contributed by atoms with E-state index in [2.05, 4.69) is 3.46 Å². The molecular weight excluding hydrogens is 354 g/mol. The molecule has 1 aliphatic rings. The van der Waals surface area contributed by atoms with Crippen molar-refractivity contribution in [2.45, 2.75) is 18.9 Å². The second-order valence-corrected chi connectivity index (χ2v) is 9.62. The molecule has 0 aromatic carbocycles. The Kier molecular flexibility index (Phi) is 3.96. The predicted molar refractivity (Wildman–Crippen MR) is 40.5 cm³/mol. The molecule has 1 saturated heterocycles. The van der Waals surface area contributed by atoms with Gasteiger partial charge in [-0.05, 0) is 0 Å². The van der Waals surface area contributed by atoms with E-state index >= 15 is 0 Å². The summed E-state index contributed by atoms with van der Waals surface area (Å²) in [6, 6.07) is 0.297. The van der Waals surface area contributed by atoms with Crippen LogP contribution in [0.25, 0.3) is 0 Å². The van der Waals surface area contributed by atoms with Gasteiger partial charge in [0.15, 0.2) is 0 Å². The molecule has 0 spiro atoms. The van der Waals surface area contributed by atoms with Crippen LogP contribution in [0.15, 0.2) is 0 Å². The summed E-state index contributed by atoms with van der Waals surface area (Å²) in [5, 5.41) is 0. The van der Waals surface area contributed by atoms with Gasteiger partial charge in [0.25, 0.3) is 0 Å². The summed E-state index contributed by atoms with van der Waals surface area (Å²) in [4.78, 5) is 0.